The topological polar surface area (TPSA) is 9.23 Å². The van der Waals surface area contributed by atoms with Crippen molar-refractivity contribution in [3.05, 3.63) is 20.3 Å². The second-order valence-corrected chi connectivity index (χ2v) is 7.15. The van der Waals surface area contributed by atoms with Gasteiger partial charge in [0.15, 0.2) is 0 Å². The van der Waals surface area contributed by atoms with Crippen molar-refractivity contribution >= 4 is 38.9 Å². The van der Waals surface area contributed by atoms with Gasteiger partial charge in [0.05, 0.1) is 11.0 Å². The zero-order valence-electron chi connectivity index (χ0n) is 9.56. The lowest BCUT2D eigenvalue weighted by Gasteiger charge is -2.41. The van der Waals surface area contributed by atoms with Crippen molar-refractivity contribution in [2.75, 3.05) is 7.11 Å². The summed E-state index contributed by atoms with van der Waals surface area (Å²) in [6.45, 7) is 2.11. The molecule has 1 aromatic heterocycles. The first-order chi connectivity index (χ1) is 7.56. The molecule has 1 aliphatic rings. The predicted molar refractivity (Wildman–Crippen MR) is 73.6 cm³/mol. The lowest BCUT2D eigenvalue weighted by molar-refractivity contribution is -0.0779. The molecule has 1 saturated carbocycles. The number of aryl methyl sites for hydroxylation is 1. The highest BCUT2D eigenvalue weighted by atomic mass is 79.9. The fourth-order valence-electron chi connectivity index (χ4n) is 2.20. The third-order valence-corrected chi connectivity index (χ3v) is 5.95. The van der Waals surface area contributed by atoms with E-state index in [1.54, 1.807) is 18.4 Å². The third-order valence-electron chi connectivity index (χ3n) is 3.37. The summed E-state index contributed by atoms with van der Waals surface area (Å²) in [5, 5.41) is 0.0633. The Morgan fingerprint density at radius 1 is 1.62 bits per heavy atom. The number of hydrogen-bond acceptors (Lipinski definition) is 2. The van der Waals surface area contributed by atoms with Crippen LogP contribution in [0.3, 0.4) is 0 Å². The molecule has 0 aliphatic heterocycles. The maximum Gasteiger partial charge on any atom is 0.0717 e. The predicted octanol–water partition coefficient (Wildman–Crippen LogP) is 5.06. The summed E-state index contributed by atoms with van der Waals surface area (Å²) in [5.41, 5.74) is 0.0454. The summed E-state index contributed by atoms with van der Waals surface area (Å²) < 4.78 is 6.76. The lowest BCUT2D eigenvalue weighted by atomic mass is 9.76. The van der Waals surface area contributed by atoms with E-state index in [-0.39, 0.29) is 11.0 Å². The lowest BCUT2D eigenvalue weighted by Crippen LogP contribution is -2.39. The van der Waals surface area contributed by atoms with Crippen molar-refractivity contribution in [2.24, 2.45) is 0 Å². The minimum atomic E-state index is 0.0454. The van der Waals surface area contributed by atoms with Crippen LogP contribution in [0.5, 0.6) is 0 Å². The van der Waals surface area contributed by atoms with Gasteiger partial charge in [0.25, 0.3) is 0 Å². The Hall–Kier alpha value is 0.430. The van der Waals surface area contributed by atoms with Crippen molar-refractivity contribution in [1.29, 1.82) is 0 Å². The molecule has 2 rings (SSSR count). The van der Waals surface area contributed by atoms with Crippen molar-refractivity contribution in [3.8, 4) is 0 Å². The Morgan fingerprint density at radius 2 is 2.31 bits per heavy atom. The number of halogens is 2. The third kappa shape index (κ3) is 2.47. The highest BCUT2D eigenvalue weighted by molar-refractivity contribution is 9.10. The van der Waals surface area contributed by atoms with E-state index in [0.717, 1.165) is 23.7 Å². The number of thiophene rings is 1. The first-order valence-corrected chi connectivity index (χ1v) is 7.56. The van der Waals surface area contributed by atoms with Crippen molar-refractivity contribution < 1.29 is 4.74 Å². The highest BCUT2D eigenvalue weighted by Crippen LogP contribution is 2.46. The fraction of sp³-hybridized carbons (Fsp3) is 0.667. The number of methoxy groups -OCH3 is 1. The second kappa shape index (κ2) is 4.97. The van der Waals surface area contributed by atoms with Gasteiger partial charge < -0.3 is 4.74 Å². The van der Waals surface area contributed by atoms with Crippen LogP contribution in [-0.2, 0) is 4.74 Å². The molecular formula is C12H16BrClOS. The monoisotopic (exact) mass is 322 g/mol. The quantitative estimate of drug-likeness (QED) is 0.704. The van der Waals surface area contributed by atoms with Crippen molar-refractivity contribution in [3.63, 3.8) is 0 Å². The summed E-state index contributed by atoms with van der Waals surface area (Å²) in [6, 6.07) is 2.13. The molecule has 0 bridgehead atoms. The highest BCUT2D eigenvalue weighted by Gasteiger charge is 2.39. The molecule has 0 amide bonds. The minimum absolute atomic E-state index is 0.0454. The van der Waals surface area contributed by atoms with E-state index in [2.05, 4.69) is 28.9 Å². The van der Waals surface area contributed by atoms with Crippen LogP contribution < -0.4 is 0 Å². The number of hydrogen-bond donors (Lipinski definition) is 0. The van der Waals surface area contributed by atoms with Gasteiger partial charge in [0.2, 0.25) is 0 Å². The summed E-state index contributed by atoms with van der Waals surface area (Å²) in [4.78, 5) is 2.54. The molecule has 1 atom stereocenters. The average molecular weight is 324 g/mol. The van der Waals surface area contributed by atoms with Gasteiger partial charge in [-0.25, -0.2) is 0 Å². The van der Waals surface area contributed by atoms with E-state index in [1.165, 1.54) is 16.2 Å². The van der Waals surface area contributed by atoms with Gasteiger partial charge in [0, 0.05) is 21.3 Å². The smallest absolute Gasteiger partial charge is 0.0717 e. The molecule has 1 unspecified atom stereocenters. The molecule has 1 aromatic rings. The van der Waals surface area contributed by atoms with Gasteiger partial charge in [-0.15, -0.1) is 22.9 Å². The summed E-state index contributed by atoms with van der Waals surface area (Å²) in [7, 11) is 1.80. The van der Waals surface area contributed by atoms with Gasteiger partial charge in [0.1, 0.15) is 0 Å². The van der Waals surface area contributed by atoms with Gasteiger partial charge in [-0.1, -0.05) is 0 Å². The molecule has 4 heteroatoms. The van der Waals surface area contributed by atoms with E-state index in [0.29, 0.717) is 0 Å². The average Bonchev–Trinajstić information content (AvgIpc) is 2.51. The first kappa shape index (κ1) is 12.9. The van der Waals surface area contributed by atoms with E-state index in [1.807, 2.05) is 0 Å². The Morgan fingerprint density at radius 3 is 2.69 bits per heavy atom. The van der Waals surface area contributed by atoms with Gasteiger partial charge in [-0.05, 0) is 54.6 Å². The normalized spacial score (nSPS) is 20.5. The summed E-state index contributed by atoms with van der Waals surface area (Å²) in [5.74, 6) is 0. The molecule has 0 N–H and O–H groups in total. The summed E-state index contributed by atoms with van der Waals surface area (Å²) in [6.07, 6.45) is 4.48. The molecule has 1 nitrogen and oxygen atoms in total. The van der Waals surface area contributed by atoms with Gasteiger partial charge >= 0.3 is 0 Å². The SMILES string of the molecule is COC1(CC(Cl)c2sc(C)cc2Br)CCC1. The molecule has 90 valence electrons. The van der Waals surface area contributed by atoms with E-state index in [4.69, 9.17) is 16.3 Å². The van der Waals surface area contributed by atoms with Crippen molar-refractivity contribution in [1.82, 2.24) is 0 Å². The maximum atomic E-state index is 6.50. The van der Waals surface area contributed by atoms with Crippen LogP contribution >= 0.6 is 38.9 Å². The molecule has 0 radical (unpaired) electrons. The zero-order valence-corrected chi connectivity index (χ0v) is 12.7. The number of alkyl halides is 1. The first-order valence-electron chi connectivity index (χ1n) is 5.51. The van der Waals surface area contributed by atoms with Gasteiger partial charge in [-0.2, -0.15) is 0 Å². The fourth-order valence-corrected chi connectivity index (χ4v) is 4.77. The molecule has 1 fully saturated rings. The molecule has 16 heavy (non-hydrogen) atoms. The van der Waals surface area contributed by atoms with Crippen LogP contribution in [0, 0.1) is 6.92 Å². The molecule has 1 heterocycles. The molecule has 0 saturated heterocycles. The Kier molecular flexibility index (Phi) is 4.00. The van der Waals surface area contributed by atoms with E-state index >= 15 is 0 Å². The largest absolute Gasteiger partial charge is 0.378 e. The van der Waals surface area contributed by atoms with Crippen LogP contribution in [0.25, 0.3) is 0 Å². The minimum Gasteiger partial charge on any atom is -0.378 e. The van der Waals surface area contributed by atoms with E-state index in [9.17, 15) is 0 Å². The van der Waals surface area contributed by atoms with Crippen LogP contribution in [0.4, 0.5) is 0 Å². The molecule has 1 aliphatic carbocycles. The van der Waals surface area contributed by atoms with Crippen LogP contribution in [0.1, 0.15) is 40.8 Å². The second-order valence-electron chi connectivity index (χ2n) is 4.48. The zero-order chi connectivity index (χ0) is 11.8. The molecule has 0 spiro atoms. The van der Waals surface area contributed by atoms with Crippen LogP contribution in [-0.4, -0.2) is 12.7 Å². The molecular weight excluding hydrogens is 308 g/mol. The van der Waals surface area contributed by atoms with Crippen LogP contribution in [0.2, 0.25) is 0 Å². The van der Waals surface area contributed by atoms with Gasteiger partial charge in [-0.3, -0.25) is 0 Å². The Labute approximate surface area is 114 Å². The van der Waals surface area contributed by atoms with Crippen molar-refractivity contribution in [2.45, 2.75) is 43.6 Å². The molecule has 0 aromatic carbocycles. The Bertz CT molecular complexity index is 368. The van der Waals surface area contributed by atoms with Crippen LogP contribution in [0.15, 0.2) is 10.5 Å². The number of ether oxygens (including phenoxy) is 1. The Balaban J connectivity index is 2.07. The summed E-state index contributed by atoms with van der Waals surface area (Å²) >= 11 is 11.8. The maximum absolute atomic E-state index is 6.50. The standard InChI is InChI=1S/C12H16BrClOS/c1-8-6-9(13)11(16-8)10(14)7-12(15-2)4-3-5-12/h6,10H,3-5,7H2,1-2H3. The number of rotatable bonds is 4. The van der Waals surface area contributed by atoms with E-state index < -0.39 is 0 Å².